The smallest absolute Gasteiger partial charge is 0.244 e. The van der Waals surface area contributed by atoms with Crippen molar-refractivity contribution in [2.24, 2.45) is 5.73 Å². The molecule has 0 atom stereocenters. The Balaban J connectivity index is 0.00000131. The summed E-state index contributed by atoms with van der Waals surface area (Å²) in [5.74, 6) is 1.80. The van der Waals surface area contributed by atoms with E-state index in [-0.39, 0.29) is 30.7 Å². The number of aryl methyl sites for hydroxylation is 1. The molecule has 1 fully saturated rings. The SMILES string of the molecule is Cl.Cl.NC1(C(=O)Nc2ccc(-c3nnc4n3CCCC4)cc2)CCOCC1. The molecular weight excluding hydrogens is 389 g/mol. The molecule has 27 heavy (non-hydrogen) atoms. The van der Waals surface area contributed by atoms with Crippen molar-refractivity contribution in [3.05, 3.63) is 30.1 Å². The lowest BCUT2D eigenvalue weighted by Gasteiger charge is -2.31. The molecule has 2 aliphatic heterocycles. The average molecular weight is 414 g/mol. The average Bonchev–Trinajstić information content (AvgIpc) is 3.07. The summed E-state index contributed by atoms with van der Waals surface area (Å²) in [6.45, 7) is 2.02. The van der Waals surface area contributed by atoms with E-state index in [4.69, 9.17) is 10.5 Å². The van der Waals surface area contributed by atoms with Crippen molar-refractivity contribution >= 4 is 36.4 Å². The van der Waals surface area contributed by atoms with Gasteiger partial charge in [0.15, 0.2) is 5.82 Å². The lowest BCUT2D eigenvalue weighted by Crippen LogP contribution is -2.54. The van der Waals surface area contributed by atoms with Crippen LogP contribution in [0.2, 0.25) is 0 Å². The Labute approximate surface area is 170 Å². The molecule has 0 saturated carbocycles. The van der Waals surface area contributed by atoms with E-state index in [0.29, 0.717) is 26.1 Å². The first-order valence-electron chi connectivity index (χ1n) is 8.86. The quantitative estimate of drug-likeness (QED) is 0.805. The van der Waals surface area contributed by atoms with E-state index in [0.717, 1.165) is 42.3 Å². The van der Waals surface area contributed by atoms with Crippen LogP contribution in [-0.4, -0.2) is 39.4 Å². The van der Waals surface area contributed by atoms with Crippen molar-refractivity contribution in [2.75, 3.05) is 18.5 Å². The zero-order valence-electron chi connectivity index (χ0n) is 15.0. The second-order valence-electron chi connectivity index (χ2n) is 6.85. The topological polar surface area (TPSA) is 95.1 Å². The number of nitrogens with one attached hydrogen (secondary N) is 1. The third-order valence-electron chi connectivity index (χ3n) is 5.10. The van der Waals surface area contributed by atoms with E-state index in [1.54, 1.807) is 0 Å². The molecule has 3 heterocycles. The van der Waals surface area contributed by atoms with E-state index >= 15 is 0 Å². The Morgan fingerprint density at radius 3 is 2.52 bits per heavy atom. The molecule has 2 aromatic rings. The number of hydrogen-bond donors (Lipinski definition) is 2. The van der Waals surface area contributed by atoms with Gasteiger partial charge in [0.1, 0.15) is 11.4 Å². The van der Waals surface area contributed by atoms with E-state index in [9.17, 15) is 4.79 Å². The van der Waals surface area contributed by atoms with Crippen LogP contribution in [0.15, 0.2) is 24.3 Å². The molecule has 0 spiro atoms. The zero-order chi connectivity index (χ0) is 17.3. The largest absolute Gasteiger partial charge is 0.381 e. The number of anilines is 1. The summed E-state index contributed by atoms with van der Waals surface area (Å²) < 4.78 is 7.48. The van der Waals surface area contributed by atoms with Gasteiger partial charge in [-0.15, -0.1) is 35.0 Å². The number of benzene rings is 1. The highest BCUT2D eigenvalue weighted by molar-refractivity contribution is 5.98. The van der Waals surface area contributed by atoms with Gasteiger partial charge in [-0.05, 0) is 49.9 Å². The molecule has 0 radical (unpaired) electrons. The minimum Gasteiger partial charge on any atom is -0.381 e. The number of hydrogen-bond acceptors (Lipinski definition) is 5. The van der Waals surface area contributed by atoms with Gasteiger partial charge in [0.25, 0.3) is 0 Å². The fraction of sp³-hybridized carbons (Fsp3) is 0.500. The highest BCUT2D eigenvalue weighted by atomic mass is 35.5. The Bertz CT molecular complexity index is 773. The predicted octanol–water partition coefficient (Wildman–Crippen LogP) is 2.57. The first kappa shape index (κ1) is 21.6. The summed E-state index contributed by atoms with van der Waals surface area (Å²) in [5, 5.41) is 11.5. The van der Waals surface area contributed by atoms with Crippen LogP contribution in [0.4, 0.5) is 5.69 Å². The Morgan fingerprint density at radius 1 is 1.11 bits per heavy atom. The number of amides is 1. The molecule has 148 valence electrons. The fourth-order valence-electron chi connectivity index (χ4n) is 3.44. The van der Waals surface area contributed by atoms with Crippen LogP contribution in [0.5, 0.6) is 0 Å². The van der Waals surface area contributed by atoms with Crippen molar-refractivity contribution < 1.29 is 9.53 Å². The number of nitrogens with two attached hydrogens (primary N) is 1. The Kier molecular flexibility index (Phi) is 7.22. The minimum atomic E-state index is -0.844. The Hall–Kier alpha value is -1.67. The number of halogens is 2. The van der Waals surface area contributed by atoms with Crippen LogP contribution in [-0.2, 0) is 22.5 Å². The van der Waals surface area contributed by atoms with Gasteiger partial charge >= 0.3 is 0 Å². The van der Waals surface area contributed by atoms with Gasteiger partial charge in [-0.3, -0.25) is 4.79 Å². The molecular formula is C18H25Cl2N5O2. The van der Waals surface area contributed by atoms with Crippen LogP contribution in [0, 0.1) is 0 Å². The van der Waals surface area contributed by atoms with Gasteiger partial charge in [0.2, 0.25) is 5.91 Å². The second kappa shape index (κ2) is 9.01. The number of fused-ring (bicyclic) bond motifs is 1. The van der Waals surface area contributed by atoms with E-state index < -0.39 is 5.54 Å². The maximum atomic E-state index is 12.5. The number of nitrogens with zero attached hydrogens (tertiary/aromatic N) is 3. The van der Waals surface area contributed by atoms with Gasteiger partial charge in [0.05, 0.1) is 0 Å². The first-order valence-corrected chi connectivity index (χ1v) is 8.86. The van der Waals surface area contributed by atoms with Crippen LogP contribution in [0.1, 0.15) is 31.5 Å². The van der Waals surface area contributed by atoms with E-state index in [1.165, 1.54) is 6.42 Å². The van der Waals surface area contributed by atoms with Gasteiger partial charge in [-0.2, -0.15) is 0 Å². The molecule has 9 heteroatoms. The normalized spacial score (nSPS) is 17.8. The standard InChI is InChI=1S/C18H23N5O2.2ClH/c19-18(8-11-25-12-9-18)17(24)20-14-6-4-13(5-7-14)16-22-21-15-3-1-2-10-23(15)16;;/h4-7H,1-3,8-12,19H2,(H,20,24);2*1H. The molecule has 1 aromatic heterocycles. The second-order valence-corrected chi connectivity index (χ2v) is 6.85. The molecule has 4 rings (SSSR count). The van der Waals surface area contributed by atoms with E-state index in [2.05, 4.69) is 20.1 Å². The summed E-state index contributed by atoms with van der Waals surface area (Å²) in [6, 6.07) is 7.71. The van der Waals surface area contributed by atoms with Gasteiger partial charge in [-0.25, -0.2) is 0 Å². The summed E-state index contributed by atoms with van der Waals surface area (Å²) in [7, 11) is 0. The number of carbonyl (C=O) groups excluding carboxylic acids is 1. The summed E-state index contributed by atoms with van der Waals surface area (Å²) in [6.07, 6.45) is 4.42. The Morgan fingerprint density at radius 2 is 1.81 bits per heavy atom. The molecule has 7 nitrogen and oxygen atoms in total. The number of carbonyl (C=O) groups is 1. The molecule has 1 amide bonds. The third kappa shape index (κ3) is 4.43. The highest BCUT2D eigenvalue weighted by Gasteiger charge is 2.35. The van der Waals surface area contributed by atoms with Gasteiger partial charge in [0, 0.05) is 37.4 Å². The molecule has 1 aromatic carbocycles. The van der Waals surface area contributed by atoms with Crippen molar-refractivity contribution in [1.82, 2.24) is 14.8 Å². The van der Waals surface area contributed by atoms with Gasteiger partial charge in [-0.1, -0.05) is 0 Å². The van der Waals surface area contributed by atoms with Crippen LogP contribution in [0.3, 0.4) is 0 Å². The molecule has 0 unspecified atom stereocenters. The summed E-state index contributed by atoms with van der Waals surface area (Å²) in [5.41, 5.74) is 7.12. The van der Waals surface area contributed by atoms with Gasteiger partial charge < -0.3 is 20.4 Å². The molecule has 0 bridgehead atoms. The van der Waals surface area contributed by atoms with Crippen molar-refractivity contribution in [2.45, 2.75) is 44.2 Å². The predicted molar refractivity (Wildman–Crippen MR) is 108 cm³/mol. The highest BCUT2D eigenvalue weighted by Crippen LogP contribution is 2.25. The maximum Gasteiger partial charge on any atom is 0.244 e. The third-order valence-corrected chi connectivity index (χ3v) is 5.10. The number of ether oxygens (including phenoxy) is 1. The number of rotatable bonds is 3. The first-order chi connectivity index (χ1) is 12.2. The van der Waals surface area contributed by atoms with Crippen LogP contribution >= 0.6 is 24.8 Å². The number of aromatic nitrogens is 3. The molecule has 1 saturated heterocycles. The fourth-order valence-corrected chi connectivity index (χ4v) is 3.44. The molecule has 0 aliphatic carbocycles. The van der Waals surface area contributed by atoms with Crippen LogP contribution < -0.4 is 11.1 Å². The van der Waals surface area contributed by atoms with Crippen molar-refractivity contribution in [3.63, 3.8) is 0 Å². The summed E-state index contributed by atoms with van der Waals surface area (Å²) >= 11 is 0. The lowest BCUT2D eigenvalue weighted by atomic mass is 9.90. The summed E-state index contributed by atoms with van der Waals surface area (Å²) in [4.78, 5) is 12.5. The minimum absolute atomic E-state index is 0. The molecule has 2 aliphatic rings. The van der Waals surface area contributed by atoms with Crippen molar-refractivity contribution in [1.29, 1.82) is 0 Å². The molecule has 3 N–H and O–H groups in total. The van der Waals surface area contributed by atoms with Crippen molar-refractivity contribution in [3.8, 4) is 11.4 Å². The monoisotopic (exact) mass is 413 g/mol. The lowest BCUT2D eigenvalue weighted by molar-refractivity contribution is -0.124. The van der Waals surface area contributed by atoms with E-state index in [1.807, 2.05) is 24.3 Å². The maximum absolute atomic E-state index is 12.5. The zero-order valence-corrected chi connectivity index (χ0v) is 16.7. The van der Waals surface area contributed by atoms with Crippen LogP contribution in [0.25, 0.3) is 11.4 Å².